The monoisotopic (exact) mass is 454 g/mol. The molecule has 1 aromatic heterocycles. The molecule has 4 rings (SSSR count). The number of rotatable bonds is 4. The third kappa shape index (κ3) is 3.87. The van der Waals surface area contributed by atoms with E-state index >= 15 is 0 Å². The highest BCUT2D eigenvalue weighted by atomic mass is 35.5. The number of aromatic carboxylic acids is 1. The summed E-state index contributed by atoms with van der Waals surface area (Å²) in [5, 5.41) is 20.0. The number of carbonyl (C=O) groups excluding carboxylic acids is 1. The molecule has 0 aliphatic carbocycles. The van der Waals surface area contributed by atoms with E-state index in [4.69, 9.17) is 11.6 Å². The summed E-state index contributed by atoms with van der Waals surface area (Å²) in [4.78, 5) is 26.2. The van der Waals surface area contributed by atoms with Gasteiger partial charge in [-0.2, -0.15) is 0 Å². The van der Waals surface area contributed by atoms with Crippen molar-refractivity contribution in [2.45, 2.75) is 19.4 Å². The van der Waals surface area contributed by atoms with Crippen LogP contribution in [0.5, 0.6) is 0 Å². The number of hydrogen-bond acceptors (Lipinski definition) is 4. The number of thioether (sulfide) groups is 1. The Kier molecular flexibility index (Phi) is 5.66. The molecule has 0 saturated carbocycles. The zero-order valence-corrected chi connectivity index (χ0v) is 18.3. The van der Waals surface area contributed by atoms with E-state index in [2.05, 4.69) is 0 Å². The van der Waals surface area contributed by atoms with E-state index in [1.807, 2.05) is 42.7 Å². The Morgan fingerprint density at radius 1 is 1.10 bits per heavy atom. The molecule has 2 aromatic carbocycles. The van der Waals surface area contributed by atoms with Crippen molar-refractivity contribution in [3.8, 4) is 5.69 Å². The van der Waals surface area contributed by atoms with E-state index in [1.54, 1.807) is 30.3 Å². The van der Waals surface area contributed by atoms with Crippen molar-refractivity contribution in [2.75, 3.05) is 4.90 Å². The quantitative estimate of drug-likeness (QED) is 0.551. The van der Waals surface area contributed by atoms with Crippen LogP contribution in [-0.4, -0.2) is 32.2 Å². The van der Waals surface area contributed by atoms with E-state index in [0.717, 1.165) is 28.7 Å². The van der Waals surface area contributed by atoms with Gasteiger partial charge in [0.1, 0.15) is 0 Å². The van der Waals surface area contributed by atoms with Crippen LogP contribution in [0.4, 0.5) is 5.69 Å². The third-order valence-electron chi connectivity index (χ3n) is 5.11. The number of carbonyl (C=O) groups is 2. The first-order chi connectivity index (χ1) is 14.8. The van der Waals surface area contributed by atoms with Gasteiger partial charge in [-0.25, -0.2) is 4.79 Å². The molecule has 0 radical (unpaired) electrons. The number of aryl methyl sites for hydroxylation is 1. The predicted molar refractivity (Wildman–Crippen MR) is 123 cm³/mol. The topological polar surface area (TPSA) is 82.8 Å². The van der Waals surface area contributed by atoms with Crippen LogP contribution in [-0.2, 0) is 4.79 Å². The van der Waals surface area contributed by atoms with Crippen LogP contribution in [0.1, 0.15) is 27.3 Å². The Bertz CT molecular complexity index is 1220. The van der Waals surface area contributed by atoms with Gasteiger partial charge in [0.05, 0.1) is 15.5 Å². The molecule has 1 unspecified atom stereocenters. The van der Waals surface area contributed by atoms with Crippen molar-refractivity contribution in [2.24, 2.45) is 0 Å². The SMILES string of the molecule is Cc1cc(/C=C2/SC(O)N(c3ccccc3)C2=O)c(C)n1-c1ccc(Cl)c(C(=O)O)c1. The number of aliphatic hydroxyl groups is 1. The normalized spacial score (nSPS) is 17.5. The van der Waals surface area contributed by atoms with Gasteiger partial charge in [-0.15, -0.1) is 0 Å². The molecule has 0 bridgehead atoms. The number of para-hydroxylation sites is 1. The number of aromatic nitrogens is 1. The second-order valence-electron chi connectivity index (χ2n) is 7.09. The lowest BCUT2D eigenvalue weighted by Gasteiger charge is -2.18. The third-order valence-corrected chi connectivity index (χ3v) is 6.41. The van der Waals surface area contributed by atoms with Gasteiger partial charge in [0.25, 0.3) is 5.91 Å². The van der Waals surface area contributed by atoms with Crippen LogP contribution < -0.4 is 4.90 Å². The van der Waals surface area contributed by atoms with Crippen LogP contribution in [0.3, 0.4) is 0 Å². The number of aliphatic hydroxyl groups excluding tert-OH is 1. The number of halogens is 1. The smallest absolute Gasteiger partial charge is 0.337 e. The first-order valence-electron chi connectivity index (χ1n) is 9.45. The minimum Gasteiger partial charge on any atom is -0.478 e. The number of anilines is 1. The summed E-state index contributed by atoms with van der Waals surface area (Å²) in [6, 6.07) is 15.8. The summed E-state index contributed by atoms with van der Waals surface area (Å²) >= 11 is 7.09. The van der Waals surface area contributed by atoms with Crippen molar-refractivity contribution in [1.82, 2.24) is 4.57 Å². The summed E-state index contributed by atoms with van der Waals surface area (Å²) in [6.45, 7) is 3.79. The minimum atomic E-state index is -1.10. The van der Waals surface area contributed by atoms with E-state index in [9.17, 15) is 19.8 Å². The summed E-state index contributed by atoms with van der Waals surface area (Å²) < 4.78 is 1.91. The van der Waals surface area contributed by atoms with Crippen molar-refractivity contribution in [1.29, 1.82) is 0 Å². The van der Waals surface area contributed by atoms with Crippen LogP contribution in [0.2, 0.25) is 5.02 Å². The molecule has 3 aromatic rings. The highest BCUT2D eigenvalue weighted by molar-refractivity contribution is 8.05. The molecule has 1 atom stereocenters. The van der Waals surface area contributed by atoms with Crippen molar-refractivity contribution >= 4 is 47.0 Å². The van der Waals surface area contributed by atoms with Crippen molar-refractivity contribution < 1.29 is 19.8 Å². The molecule has 8 heteroatoms. The van der Waals surface area contributed by atoms with Crippen LogP contribution in [0, 0.1) is 13.8 Å². The molecule has 1 saturated heterocycles. The number of benzene rings is 2. The highest BCUT2D eigenvalue weighted by Crippen LogP contribution is 2.38. The number of carboxylic acid groups (broad SMARTS) is 1. The second kappa shape index (κ2) is 8.26. The van der Waals surface area contributed by atoms with Crippen molar-refractivity contribution in [3.63, 3.8) is 0 Å². The van der Waals surface area contributed by atoms with E-state index < -0.39 is 11.5 Å². The fraction of sp³-hybridized carbons (Fsp3) is 0.130. The average molecular weight is 455 g/mol. The van der Waals surface area contributed by atoms with Gasteiger partial charge in [0, 0.05) is 22.8 Å². The molecule has 1 aliphatic heterocycles. The minimum absolute atomic E-state index is 0.0229. The molecule has 0 spiro atoms. The Morgan fingerprint density at radius 2 is 1.81 bits per heavy atom. The molecule has 1 fully saturated rings. The summed E-state index contributed by atoms with van der Waals surface area (Å²) in [5.74, 6) is -1.37. The van der Waals surface area contributed by atoms with Crippen LogP contribution in [0.15, 0.2) is 59.5 Å². The Balaban J connectivity index is 1.72. The van der Waals surface area contributed by atoms with Gasteiger partial charge in [-0.3, -0.25) is 9.69 Å². The number of nitrogens with zero attached hydrogens (tertiary/aromatic N) is 2. The van der Waals surface area contributed by atoms with Gasteiger partial charge >= 0.3 is 5.97 Å². The molecule has 2 heterocycles. The standard InChI is InChI=1S/C23H19ClN2O4S/c1-13-10-15(14(2)25(13)17-8-9-19(24)18(12-17)22(28)29)11-20-21(27)26(23(30)31-20)16-6-4-3-5-7-16/h3-12,23,30H,1-2H3,(H,28,29)/b20-11+. The zero-order valence-electron chi connectivity index (χ0n) is 16.7. The lowest BCUT2D eigenvalue weighted by Crippen LogP contribution is -2.31. The number of hydrogen-bond donors (Lipinski definition) is 2. The summed E-state index contributed by atoms with van der Waals surface area (Å²) in [6.07, 6.45) is 1.76. The van der Waals surface area contributed by atoms with Gasteiger partial charge in [-0.1, -0.05) is 41.6 Å². The van der Waals surface area contributed by atoms with Gasteiger partial charge < -0.3 is 14.8 Å². The largest absolute Gasteiger partial charge is 0.478 e. The molecule has 1 amide bonds. The predicted octanol–water partition coefficient (Wildman–Crippen LogP) is 4.84. The first kappa shape index (κ1) is 21.2. The number of amides is 1. The second-order valence-corrected chi connectivity index (χ2v) is 8.60. The molecular formula is C23H19ClN2O4S. The average Bonchev–Trinajstić information content (AvgIpc) is 3.17. The van der Waals surface area contributed by atoms with Crippen molar-refractivity contribution in [3.05, 3.63) is 87.0 Å². The van der Waals surface area contributed by atoms with E-state index in [1.165, 1.54) is 11.0 Å². The first-order valence-corrected chi connectivity index (χ1v) is 10.7. The highest BCUT2D eigenvalue weighted by Gasteiger charge is 2.36. The summed E-state index contributed by atoms with van der Waals surface area (Å²) in [5.41, 5.74) is 2.83. The molecule has 31 heavy (non-hydrogen) atoms. The fourth-order valence-corrected chi connectivity index (χ4v) is 4.80. The van der Waals surface area contributed by atoms with Crippen LogP contribution in [0.25, 0.3) is 11.8 Å². The van der Waals surface area contributed by atoms with Gasteiger partial charge in [0.15, 0.2) is 5.56 Å². The lowest BCUT2D eigenvalue weighted by atomic mass is 10.2. The Labute approximate surface area is 188 Å². The maximum absolute atomic E-state index is 12.9. The zero-order chi connectivity index (χ0) is 22.3. The Morgan fingerprint density at radius 3 is 2.48 bits per heavy atom. The molecule has 2 N–H and O–H groups in total. The molecule has 158 valence electrons. The maximum atomic E-state index is 12.9. The Hall–Kier alpha value is -3.00. The van der Waals surface area contributed by atoms with Gasteiger partial charge in [-0.05, 0) is 61.9 Å². The fourth-order valence-electron chi connectivity index (χ4n) is 3.65. The van der Waals surface area contributed by atoms with Crippen LogP contribution >= 0.6 is 23.4 Å². The maximum Gasteiger partial charge on any atom is 0.337 e. The van der Waals surface area contributed by atoms with Gasteiger partial charge in [0.2, 0.25) is 0 Å². The molecular weight excluding hydrogens is 436 g/mol. The molecule has 1 aliphatic rings. The molecule has 6 nitrogen and oxygen atoms in total. The lowest BCUT2D eigenvalue weighted by molar-refractivity contribution is -0.114. The number of carboxylic acids is 1. The van der Waals surface area contributed by atoms with E-state index in [0.29, 0.717) is 16.3 Å². The summed E-state index contributed by atoms with van der Waals surface area (Å²) in [7, 11) is 0. The van der Waals surface area contributed by atoms with E-state index in [-0.39, 0.29) is 16.5 Å².